The highest BCUT2D eigenvalue weighted by Crippen LogP contribution is 2.23. The van der Waals surface area contributed by atoms with Gasteiger partial charge in [0.15, 0.2) is 5.15 Å². The summed E-state index contributed by atoms with van der Waals surface area (Å²) < 4.78 is 6.00. The first kappa shape index (κ1) is 13.2. The molecule has 0 saturated carbocycles. The number of benzene rings is 1. The monoisotopic (exact) mass is 326 g/mol. The van der Waals surface area contributed by atoms with Gasteiger partial charge in [-0.05, 0) is 39.7 Å². The minimum Gasteiger partial charge on any atom is -0.497 e. The quantitative estimate of drug-likeness (QED) is 0.858. The fraction of sp³-hybridized carbons (Fsp3) is 0.154. The van der Waals surface area contributed by atoms with E-state index < -0.39 is 0 Å². The van der Waals surface area contributed by atoms with Crippen molar-refractivity contribution in [2.75, 3.05) is 12.4 Å². The van der Waals surface area contributed by atoms with E-state index in [0.29, 0.717) is 11.7 Å². The Balaban J connectivity index is 2.04. The van der Waals surface area contributed by atoms with Crippen LogP contribution in [0.2, 0.25) is 5.15 Å². The van der Waals surface area contributed by atoms with Crippen LogP contribution in [0.1, 0.15) is 5.56 Å². The Morgan fingerprint density at radius 2 is 2.06 bits per heavy atom. The van der Waals surface area contributed by atoms with Gasteiger partial charge in [0.2, 0.25) is 0 Å². The molecule has 0 amide bonds. The molecule has 0 unspecified atom stereocenters. The number of rotatable bonds is 4. The van der Waals surface area contributed by atoms with Gasteiger partial charge < -0.3 is 10.1 Å². The zero-order valence-electron chi connectivity index (χ0n) is 9.78. The van der Waals surface area contributed by atoms with Gasteiger partial charge in [0, 0.05) is 17.2 Å². The van der Waals surface area contributed by atoms with Crippen molar-refractivity contribution in [3.05, 3.63) is 51.7 Å². The van der Waals surface area contributed by atoms with Gasteiger partial charge >= 0.3 is 0 Å². The molecule has 0 saturated heterocycles. The Bertz CT molecular complexity index is 531. The van der Waals surface area contributed by atoms with Crippen molar-refractivity contribution in [1.82, 2.24) is 4.98 Å². The van der Waals surface area contributed by atoms with Crippen molar-refractivity contribution >= 4 is 33.2 Å². The second-order valence-corrected chi connectivity index (χ2v) is 4.97. The van der Waals surface area contributed by atoms with Crippen LogP contribution >= 0.6 is 27.5 Å². The van der Waals surface area contributed by atoms with Crippen LogP contribution in [0, 0.1) is 0 Å². The molecular weight excluding hydrogens is 316 g/mol. The van der Waals surface area contributed by atoms with E-state index in [4.69, 9.17) is 16.3 Å². The van der Waals surface area contributed by atoms with Gasteiger partial charge in [-0.1, -0.05) is 23.7 Å². The Kier molecular flexibility index (Phi) is 4.44. The van der Waals surface area contributed by atoms with Crippen molar-refractivity contribution in [3.63, 3.8) is 0 Å². The predicted octanol–water partition coefficient (Wildman–Crippen LogP) is 4.12. The van der Waals surface area contributed by atoms with Crippen LogP contribution in [-0.2, 0) is 6.54 Å². The molecule has 94 valence electrons. The summed E-state index contributed by atoms with van der Waals surface area (Å²) in [6.07, 6.45) is 1.67. The molecule has 1 aromatic heterocycles. The SMILES string of the molecule is COc1ccc(CNc2cc(Br)cnc2Cl)cc1. The van der Waals surface area contributed by atoms with E-state index in [1.54, 1.807) is 13.3 Å². The lowest BCUT2D eigenvalue weighted by Crippen LogP contribution is -2.00. The number of ether oxygens (including phenoxy) is 1. The van der Waals surface area contributed by atoms with Gasteiger partial charge in [0.1, 0.15) is 5.75 Å². The molecule has 0 spiro atoms. The molecule has 0 aliphatic heterocycles. The van der Waals surface area contributed by atoms with E-state index in [-0.39, 0.29) is 0 Å². The Hall–Kier alpha value is -1.26. The first-order valence-corrected chi connectivity index (χ1v) is 6.54. The minimum absolute atomic E-state index is 0.465. The molecule has 18 heavy (non-hydrogen) atoms. The number of halogens is 2. The van der Waals surface area contributed by atoms with Gasteiger partial charge in [-0.15, -0.1) is 0 Å². The summed E-state index contributed by atoms with van der Waals surface area (Å²) in [6.45, 7) is 0.682. The smallest absolute Gasteiger partial charge is 0.152 e. The third kappa shape index (κ3) is 3.37. The normalized spacial score (nSPS) is 10.2. The summed E-state index contributed by atoms with van der Waals surface area (Å²) in [5.74, 6) is 0.848. The Labute approximate surface area is 119 Å². The molecule has 1 aromatic carbocycles. The van der Waals surface area contributed by atoms with Crippen molar-refractivity contribution in [2.24, 2.45) is 0 Å². The summed E-state index contributed by atoms with van der Waals surface area (Å²) >= 11 is 9.36. The average Bonchev–Trinajstić information content (AvgIpc) is 2.40. The lowest BCUT2D eigenvalue weighted by Gasteiger charge is -2.08. The predicted molar refractivity (Wildman–Crippen MR) is 77.3 cm³/mol. The average molecular weight is 328 g/mol. The molecule has 3 nitrogen and oxygen atoms in total. The number of anilines is 1. The molecule has 0 bridgehead atoms. The van der Waals surface area contributed by atoms with Gasteiger partial charge in [0.05, 0.1) is 12.8 Å². The lowest BCUT2D eigenvalue weighted by molar-refractivity contribution is 0.414. The highest BCUT2D eigenvalue weighted by molar-refractivity contribution is 9.10. The number of nitrogens with one attached hydrogen (secondary N) is 1. The maximum atomic E-state index is 6.00. The molecule has 0 aliphatic carbocycles. The van der Waals surface area contributed by atoms with E-state index in [1.807, 2.05) is 30.3 Å². The van der Waals surface area contributed by atoms with Crippen LogP contribution in [0.3, 0.4) is 0 Å². The lowest BCUT2D eigenvalue weighted by atomic mass is 10.2. The molecule has 5 heteroatoms. The largest absolute Gasteiger partial charge is 0.497 e. The molecule has 0 atom stereocenters. The molecular formula is C13H12BrClN2O. The Morgan fingerprint density at radius 1 is 1.33 bits per heavy atom. The zero-order chi connectivity index (χ0) is 13.0. The van der Waals surface area contributed by atoms with E-state index in [2.05, 4.69) is 26.2 Å². The maximum absolute atomic E-state index is 6.00. The van der Waals surface area contributed by atoms with Crippen LogP contribution in [0.5, 0.6) is 5.75 Å². The van der Waals surface area contributed by atoms with Crippen LogP contribution in [0.25, 0.3) is 0 Å². The second kappa shape index (κ2) is 6.07. The van der Waals surface area contributed by atoms with Crippen LogP contribution in [0.4, 0.5) is 5.69 Å². The summed E-state index contributed by atoms with van der Waals surface area (Å²) in [5, 5.41) is 3.71. The first-order valence-electron chi connectivity index (χ1n) is 5.37. The standard InChI is InChI=1S/C13H12BrClN2O/c1-18-11-4-2-9(3-5-11)7-16-12-6-10(14)8-17-13(12)15/h2-6,8,16H,7H2,1H3. The van der Waals surface area contributed by atoms with Gasteiger partial charge in [0.25, 0.3) is 0 Å². The number of methoxy groups -OCH3 is 1. The molecule has 1 heterocycles. The van der Waals surface area contributed by atoms with Crippen LogP contribution < -0.4 is 10.1 Å². The molecule has 0 fully saturated rings. The number of nitrogens with zero attached hydrogens (tertiary/aromatic N) is 1. The minimum atomic E-state index is 0.465. The van der Waals surface area contributed by atoms with Crippen molar-refractivity contribution in [2.45, 2.75) is 6.54 Å². The number of hydrogen-bond donors (Lipinski definition) is 1. The molecule has 1 N–H and O–H groups in total. The van der Waals surface area contributed by atoms with E-state index in [1.165, 1.54) is 0 Å². The van der Waals surface area contributed by atoms with Crippen LogP contribution in [0.15, 0.2) is 41.0 Å². The first-order chi connectivity index (χ1) is 8.69. The fourth-order valence-electron chi connectivity index (χ4n) is 1.49. The van der Waals surface area contributed by atoms with E-state index >= 15 is 0 Å². The number of aromatic nitrogens is 1. The van der Waals surface area contributed by atoms with E-state index in [0.717, 1.165) is 21.5 Å². The molecule has 2 rings (SSSR count). The fourth-order valence-corrected chi connectivity index (χ4v) is 1.99. The summed E-state index contributed by atoms with van der Waals surface area (Å²) in [4.78, 5) is 4.05. The summed E-state index contributed by atoms with van der Waals surface area (Å²) in [6, 6.07) is 9.77. The van der Waals surface area contributed by atoms with E-state index in [9.17, 15) is 0 Å². The van der Waals surface area contributed by atoms with Gasteiger partial charge in [-0.3, -0.25) is 0 Å². The maximum Gasteiger partial charge on any atom is 0.152 e. The third-order valence-corrected chi connectivity index (χ3v) is 3.18. The third-order valence-electron chi connectivity index (χ3n) is 2.45. The van der Waals surface area contributed by atoms with Crippen LogP contribution in [-0.4, -0.2) is 12.1 Å². The Morgan fingerprint density at radius 3 is 2.72 bits per heavy atom. The highest BCUT2D eigenvalue weighted by Gasteiger charge is 2.02. The topological polar surface area (TPSA) is 34.1 Å². The number of pyridine rings is 1. The summed E-state index contributed by atoms with van der Waals surface area (Å²) in [5.41, 5.74) is 1.95. The molecule has 2 aromatic rings. The van der Waals surface area contributed by atoms with Crippen molar-refractivity contribution in [1.29, 1.82) is 0 Å². The highest BCUT2D eigenvalue weighted by atomic mass is 79.9. The zero-order valence-corrected chi connectivity index (χ0v) is 12.1. The summed E-state index contributed by atoms with van der Waals surface area (Å²) in [7, 11) is 1.65. The van der Waals surface area contributed by atoms with Gasteiger partial charge in [-0.2, -0.15) is 0 Å². The number of hydrogen-bond acceptors (Lipinski definition) is 3. The van der Waals surface area contributed by atoms with Crippen molar-refractivity contribution < 1.29 is 4.74 Å². The molecule has 0 radical (unpaired) electrons. The van der Waals surface area contributed by atoms with Crippen molar-refractivity contribution in [3.8, 4) is 5.75 Å². The second-order valence-electron chi connectivity index (χ2n) is 3.69. The van der Waals surface area contributed by atoms with Gasteiger partial charge in [-0.25, -0.2) is 4.98 Å². The molecule has 0 aliphatic rings.